The molecule has 0 aromatic rings. The molecule has 0 aliphatic heterocycles. The SMILES string of the molecule is CCCCCC/C=C\C/C=C\CCCCCCCCCC(=O)OCC(COC(OCC[N+](C)(C)C)C(=O)O)OC(=O)CCCCCCCCCCCCCCCCCCCCCCCCCCCCC/C=C\C/C=C\CCCCCCC. The van der Waals surface area contributed by atoms with Crippen molar-refractivity contribution in [2.75, 3.05) is 47.5 Å². The number of esters is 2. The van der Waals surface area contributed by atoms with Gasteiger partial charge in [0.2, 0.25) is 0 Å². The van der Waals surface area contributed by atoms with Gasteiger partial charge >= 0.3 is 17.9 Å². The van der Waals surface area contributed by atoms with Crippen LogP contribution in [0.1, 0.15) is 341 Å². The first-order valence-corrected chi connectivity index (χ1v) is 35.3. The Morgan fingerprint density at radius 3 is 0.976 bits per heavy atom. The molecule has 0 bridgehead atoms. The fourth-order valence-corrected chi connectivity index (χ4v) is 10.4. The molecule has 0 aromatic carbocycles. The number of nitrogens with zero attached hydrogens (tertiary/aromatic N) is 1. The van der Waals surface area contributed by atoms with Gasteiger partial charge in [-0.15, -0.1) is 0 Å². The zero-order valence-corrected chi connectivity index (χ0v) is 54.9. The zero-order chi connectivity index (χ0) is 59.8. The van der Waals surface area contributed by atoms with E-state index >= 15 is 0 Å². The standard InChI is InChI=1S/C73H135NO8/c1-6-8-10-12-14-16-18-20-22-24-26-27-28-29-30-31-32-33-34-35-36-37-38-39-40-41-42-43-44-45-46-48-50-52-54-56-58-60-62-64-71(76)82-69(68-81-73(72(77)78)79-66-65-74(3,4)5)67-80-70(75)63-61-59-57-55-53-51-49-47-25-23-21-19-17-15-13-11-9-7-2/h17-20,23-26,69,73H,6-16,21-22,27-68H2,1-5H3/p+1/b19-17-,20-18-,25-23-,26-24-. The van der Waals surface area contributed by atoms with Crippen LogP contribution in [0, 0.1) is 0 Å². The van der Waals surface area contributed by atoms with Crippen molar-refractivity contribution in [2.45, 2.75) is 354 Å². The van der Waals surface area contributed by atoms with Crippen LogP contribution >= 0.6 is 0 Å². The number of likely N-dealkylation sites (N-methyl/N-ethyl adjacent to an activating group) is 1. The molecule has 0 fully saturated rings. The predicted molar refractivity (Wildman–Crippen MR) is 350 cm³/mol. The van der Waals surface area contributed by atoms with E-state index in [1.165, 1.54) is 250 Å². The van der Waals surface area contributed by atoms with E-state index in [4.69, 9.17) is 18.9 Å². The van der Waals surface area contributed by atoms with Gasteiger partial charge in [0.1, 0.15) is 13.2 Å². The highest BCUT2D eigenvalue weighted by Crippen LogP contribution is 2.18. The van der Waals surface area contributed by atoms with Crippen LogP contribution in [0.5, 0.6) is 0 Å². The molecule has 0 aliphatic carbocycles. The second-order valence-electron chi connectivity index (χ2n) is 25.2. The Hall–Kier alpha value is -2.75. The first kappa shape index (κ1) is 79.2. The maximum absolute atomic E-state index is 12.9. The average Bonchev–Trinajstić information content (AvgIpc) is 3.47. The number of carboxylic acids is 1. The number of ether oxygens (including phenoxy) is 4. The summed E-state index contributed by atoms with van der Waals surface area (Å²) >= 11 is 0. The Kier molecular flexibility index (Phi) is 62.1. The van der Waals surface area contributed by atoms with Gasteiger partial charge in [-0.2, -0.15) is 0 Å². The van der Waals surface area contributed by atoms with Crippen molar-refractivity contribution in [1.29, 1.82) is 0 Å². The molecule has 0 aliphatic rings. The lowest BCUT2D eigenvalue weighted by Gasteiger charge is -2.25. The van der Waals surface area contributed by atoms with E-state index in [9.17, 15) is 19.5 Å². The summed E-state index contributed by atoms with van der Waals surface area (Å²) in [6.45, 7) is 4.89. The van der Waals surface area contributed by atoms with Gasteiger partial charge < -0.3 is 28.5 Å². The lowest BCUT2D eigenvalue weighted by Crippen LogP contribution is -2.40. The van der Waals surface area contributed by atoms with Gasteiger partial charge in [-0.25, -0.2) is 4.79 Å². The number of allylic oxidation sites excluding steroid dienone is 8. The molecule has 9 heteroatoms. The number of unbranched alkanes of at least 4 members (excludes halogenated alkanes) is 43. The summed E-state index contributed by atoms with van der Waals surface area (Å²) in [5, 5.41) is 9.73. The van der Waals surface area contributed by atoms with Crippen molar-refractivity contribution >= 4 is 17.9 Å². The van der Waals surface area contributed by atoms with E-state index in [1.54, 1.807) is 0 Å². The molecule has 0 aromatic heterocycles. The summed E-state index contributed by atoms with van der Waals surface area (Å²) in [5.74, 6) is -2.00. The van der Waals surface area contributed by atoms with Gasteiger partial charge in [0.25, 0.3) is 6.29 Å². The third kappa shape index (κ3) is 64.8. The van der Waals surface area contributed by atoms with Crippen LogP contribution in [0.3, 0.4) is 0 Å². The van der Waals surface area contributed by atoms with Crippen LogP contribution in [0.25, 0.3) is 0 Å². The van der Waals surface area contributed by atoms with Gasteiger partial charge in [-0.05, 0) is 77.0 Å². The van der Waals surface area contributed by atoms with Crippen LogP contribution in [-0.4, -0.2) is 87.4 Å². The summed E-state index contributed by atoms with van der Waals surface area (Å²) in [6.07, 6.45) is 79.6. The highest BCUT2D eigenvalue weighted by atomic mass is 16.7. The van der Waals surface area contributed by atoms with Crippen molar-refractivity contribution in [3.8, 4) is 0 Å². The molecule has 0 saturated heterocycles. The van der Waals surface area contributed by atoms with E-state index in [1.807, 2.05) is 21.1 Å². The maximum atomic E-state index is 12.9. The van der Waals surface area contributed by atoms with Gasteiger partial charge in [0.15, 0.2) is 6.10 Å². The van der Waals surface area contributed by atoms with Crippen molar-refractivity contribution < 1.29 is 42.9 Å². The topological polar surface area (TPSA) is 108 Å². The summed E-state index contributed by atoms with van der Waals surface area (Å²) in [7, 11) is 5.98. The largest absolute Gasteiger partial charge is 0.477 e. The number of aliphatic carboxylic acids is 1. The first-order chi connectivity index (χ1) is 40.1. The van der Waals surface area contributed by atoms with E-state index in [-0.39, 0.29) is 32.2 Å². The first-order valence-electron chi connectivity index (χ1n) is 35.3. The van der Waals surface area contributed by atoms with E-state index < -0.39 is 24.3 Å². The van der Waals surface area contributed by atoms with Crippen molar-refractivity contribution in [2.24, 2.45) is 0 Å². The van der Waals surface area contributed by atoms with Gasteiger partial charge in [0, 0.05) is 12.8 Å². The van der Waals surface area contributed by atoms with Crippen LogP contribution in [0.4, 0.5) is 0 Å². The highest BCUT2D eigenvalue weighted by molar-refractivity contribution is 5.71. The van der Waals surface area contributed by atoms with Crippen LogP contribution < -0.4 is 0 Å². The number of hydrogen-bond acceptors (Lipinski definition) is 7. The van der Waals surface area contributed by atoms with E-state index in [2.05, 4.69) is 62.5 Å². The second-order valence-corrected chi connectivity index (χ2v) is 25.2. The Labute approximate surface area is 508 Å². The molecule has 0 saturated carbocycles. The summed E-state index contributed by atoms with van der Waals surface area (Å²) in [4.78, 5) is 37.5. The highest BCUT2D eigenvalue weighted by Gasteiger charge is 2.25. The Morgan fingerprint density at radius 2 is 0.659 bits per heavy atom. The van der Waals surface area contributed by atoms with Gasteiger partial charge in [-0.1, -0.05) is 300 Å². The minimum Gasteiger partial charge on any atom is -0.477 e. The number of carbonyl (C=O) groups is 3. The molecule has 9 nitrogen and oxygen atoms in total. The molecule has 0 rings (SSSR count). The molecule has 2 atom stereocenters. The minimum absolute atomic E-state index is 0.183. The normalized spacial score (nSPS) is 12.9. The van der Waals surface area contributed by atoms with Crippen LogP contribution in [0.15, 0.2) is 48.6 Å². The molecule has 0 spiro atoms. The number of quaternary nitrogens is 1. The molecule has 82 heavy (non-hydrogen) atoms. The maximum Gasteiger partial charge on any atom is 0.361 e. The fraction of sp³-hybridized carbons (Fsp3) is 0.849. The molecule has 0 heterocycles. The van der Waals surface area contributed by atoms with Crippen LogP contribution in [0.2, 0.25) is 0 Å². The smallest absolute Gasteiger partial charge is 0.361 e. The lowest BCUT2D eigenvalue weighted by molar-refractivity contribution is -0.870. The second kappa shape index (κ2) is 64.3. The van der Waals surface area contributed by atoms with Gasteiger partial charge in [-0.3, -0.25) is 9.59 Å². The number of carboxylic acid groups (broad SMARTS) is 1. The zero-order valence-electron chi connectivity index (χ0n) is 54.9. The van der Waals surface area contributed by atoms with E-state index in [0.717, 1.165) is 64.2 Å². The third-order valence-corrected chi connectivity index (χ3v) is 15.8. The Balaban J connectivity index is 3.96. The van der Waals surface area contributed by atoms with E-state index in [0.29, 0.717) is 17.4 Å². The summed E-state index contributed by atoms with van der Waals surface area (Å²) < 4.78 is 23.0. The molecule has 0 radical (unpaired) electrons. The molecule has 2 unspecified atom stereocenters. The lowest BCUT2D eigenvalue weighted by atomic mass is 10.0. The van der Waals surface area contributed by atoms with Crippen molar-refractivity contribution in [3.63, 3.8) is 0 Å². The van der Waals surface area contributed by atoms with Gasteiger partial charge in [0.05, 0.1) is 34.4 Å². The van der Waals surface area contributed by atoms with Crippen molar-refractivity contribution in [1.82, 2.24) is 0 Å². The van der Waals surface area contributed by atoms with Crippen molar-refractivity contribution in [3.05, 3.63) is 48.6 Å². The quantitative estimate of drug-likeness (QED) is 0.0211. The number of hydrogen-bond donors (Lipinski definition) is 1. The van der Waals surface area contributed by atoms with Crippen LogP contribution in [-0.2, 0) is 33.3 Å². The predicted octanol–water partition coefficient (Wildman–Crippen LogP) is 21.8. The number of rotatable bonds is 66. The number of carbonyl (C=O) groups excluding carboxylic acids is 2. The molecular weight excluding hydrogens is 1020 g/mol. The minimum atomic E-state index is -1.51. The average molecular weight is 1160 g/mol. The third-order valence-electron chi connectivity index (χ3n) is 15.8. The molecule has 0 amide bonds. The fourth-order valence-electron chi connectivity index (χ4n) is 10.4. The molecule has 1 N–H and O–H groups in total. The summed E-state index contributed by atoms with van der Waals surface area (Å²) in [5.41, 5.74) is 0. The summed E-state index contributed by atoms with van der Waals surface area (Å²) in [6, 6.07) is 0. The Morgan fingerprint density at radius 1 is 0.366 bits per heavy atom. The molecular formula is C73H136NO8+. The Bertz CT molecular complexity index is 1480. The molecule has 480 valence electrons. The monoisotopic (exact) mass is 1160 g/mol.